The third kappa shape index (κ3) is 1.59. The number of imidazole rings is 1. The van der Waals surface area contributed by atoms with Crippen LogP contribution in [0.3, 0.4) is 0 Å². The maximum absolute atomic E-state index is 2.89. The van der Waals surface area contributed by atoms with E-state index < -0.39 is 0 Å². The molecule has 0 spiro atoms. The average molecular weight is 119 g/mol. The summed E-state index contributed by atoms with van der Waals surface area (Å²) in [6.07, 6.45) is 5.69. The molecule has 2 nitrogen and oxygen atoms in total. The van der Waals surface area contributed by atoms with Gasteiger partial charge in [0, 0.05) is 0 Å². The van der Waals surface area contributed by atoms with Gasteiger partial charge in [-0.2, -0.15) is 0 Å². The number of aromatic nitrogens is 2. The third-order valence-electron chi connectivity index (χ3n) is 0.684. The highest BCUT2D eigenvalue weighted by molar-refractivity contribution is 4.54. The van der Waals surface area contributed by atoms with Gasteiger partial charge in [0.15, 0.2) is 0 Å². The third-order valence-corrected chi connectivity index (χ3v) is 0.684. The van der Waals surface area contributed by atoms with Gasteiger partial charge in [-0.1, -0.05) is 0 Å². The van der Waals surface area contributed by atoms with Crippen molar-refractivity contribution in [3.8, 4) is 0 Å². The minimum Gasteiger partial charge on any atom is -1.00 e. The van der Waals surface area contributed by atoms with E-state index in [1.807, 2.05) is 30.3 Å². The fourth-order valence-corrected chi connectivity index (χ4v) is 0.364. The molecule has 1 rings (SSSR count). The van der Waals surface area contributed by atoms with Crippen LogP contribution in [0.25, 0.3) is 0 Å². The molecule has 0 aliphatic heterocycles. The van der Waals surface area contributed by atoms with Crippen LogP contribution in [0.2, 0.25) is 0 Å². The lowest BCUT2D eigenvalue weighted by Gasteiger charge is -1.66. The molecule has 0 radical (unpaired) electrons. The number of halogens is 1. The average Bonchev–Trinajstić information content (AvgIpc) is 1.86. The van der Waals surface area contributed by atoms with Crippen LogP contribution in [0.15, 0.2) is 18.7 Å². The molecule has 0 aliphatic carbocycles. The molecule has 0 fully saturated rings. The van der Waals surface area contributed by atoms with Crippen molar-refractivity contribution in [1.29, 1.82) is 0 Å². The van der Waals surface area contributed by atoms with Gasteiger partial charge in [-0.05, 0) is 0 Å². The lowest BCUT2D eigenvalue weighted by Crippen LogP contribution is -3.00. The summed E-state index contributed by atoms with van der Waals surface area (Å²) in [5, 5.41) is 0. The predicted molar refractivity (Wildman–Crippen MR) is 22.0 cm³/mol. The molecule has 1 heterocycles. The number of nitrogens with zero attached hydrogens (tertiary/aromatic N) is 1. The van der Waals surface area contributed by atoms with Crippen molar-refractivity contribution in [3.05, 3.63) is 18.7 Å². The van der Waals surface area contributed by atoms with Gasteiger partial charge in [-0.15, -0.1) is 0 Å². The Morgan fingerprint density at radius 3 is 2.43 bits per heavy atom. The van der Waals surface area contributed by atoms with Gasteiger partial charge < -0.3 is 12.4 Å². The zero-order valence-electron chi connectivity index (χ0n) is 4.06. The molecule has 0 aromatic carbocycles. The van der Waals surface area contributed by atoms with E-state index in [9.17, 15) is 0 Å². The highest BCUT2D eigenvalue weighted by Gasteiger charge is 1.78. The lowest BCUT2D eigenvalue weighted by atomic mass is 10.9. The lowest BCUT2D eigenvalue weighted by molar-refractivity contribution is -0.670. The molecule has 0 aliphatic rings. The van der Waals surface area contributed by atoms with Crippen LogP contribution in [0.1, 0.15) is 0 Å². The van der Waals surface area contributed by atoms with Crippen molar-refractivity contribution in [1.82, 2.24) is 4.98 Å². The van der Waals surface area contributed by atoms with Gasteiger partial charge in [0.1, 0.15) is 12.4 Å². The van der Waals surface area contributed by atoms with E-state index in [0.29, 0.717) is 0 Å². The molecule has 1 aromatic heterocycles. The molecule has 7 heavy (non-hydrogen) atoms. The quantitative estimate of drug-likeness (QED) is 0.347. The summed E-state index contributed by atoms with van der Waals surface area (Å²) in [5.41, 5.74) is 0. The first kappa shape index (κ1) is 6.50. The Kier molecular flexibility index (Phi) is 2.45. The fourth-order valence-electron chi connectivity index (χ4n) is 0.364. The van der Waals surface area contributed by atoms with Crippen molar-refractivity contribution in [2.75, 3.05) is 0 Å². The van der Waals surface area contributed by atoms with Crippen molar-refractivity contribution in [2.24, 2.45) is 7.05 Å². The first-order chi connectivity index (χ1) is 2.89. The van der Waals surface area contributed by atoms with E-state index in [1.54, 1.807) is 0 Å². The summed E-state index contributed by atoms with van der Waals surface area (Å²) in [4.78, 5) is 2.89. The van der Waals surface area contributed by atoms with Crippen LogP contribution in [0.5, 0.6) is 0 Å². The molecule has 0 bridgehead atoms. The number of nitrogens with one attached hydrogen (secondary N) is 1. The number of aromatic amines is 1. The van der Waals surface area contributed by atoms with Crippen molar-refractivity contribution in [2.45, 2.75) is 0 Å². The van der Waals surface area contributed by atoms with Crippen molar-refractivity contribution < 1.29 is 17.0 Å². The Balaban J connectivity index is 0.000000360. The fraction of sp³-hybridized carbons (Fsp3) is 0.250. The minimum absolute atomic E-state index is 0. The summed E-state index contributed by atoms with van der Waals surface area (Å²) in [6.45, 7) is 0. The van der Waals surface area contributed by atoms with E-state index >= 15 is 0 Å². The second-order valence-corrected chi connectivity index (χ2v) is 1.28. The Morgan fingerprint density at radius 2 is 2.29 bits per heavy atom. The molecule has 1 N–H and O–H groups in total. The van der Waals surface area contributed by atoms with Gasteiger partial charge in [0.2, 0.25) is 6.33 Å². The van der Waals surface area contributed by atoms with Crippen molar-refractivity contribution in [3.63, 3.8) is 0 Å². The maximum atomic E-state index is 2.89. The van der Waals surface area contributed by atoms with Gasteiger partial charge in [0.25, 0.3) is 0 Å². The number of hydrogen-bond acceptors (Lipinski definition) is 0. The minimum atomic E-state index is 0. The molecular weight excluding hydrogens is 112 g/mol. The Morgan fingerprint density at radius 1 is 1.57 bits per heavy atom. The standard InChI is InChI=1S/C4H6N2.ClH/c1-6-3-2-5-4-6;/h2-4H,1H3;1H. The van der Waals surface area contributed by atoms with Crippen LogP contribution in [-0.4, -0.2) is 4.98 Å². The van der Waals surface area contributed by atoms with E-state index in [4.69, 9.17) is 0 Å². The first-order valence-corrected chi connectivity index (χ1v) is 1.87. The first-order valence-electron chi connectivity index (χ1n) is 1.87. The zero-order chi connectivity index (χ0) is 4.41. The van der Waals surface area contributed by atoms with Crippen LogP contribution >= 0.6 is 0 Å². The van der Waals surface area contributed by atoms with E-state index in [1.165, 1.54) is 0 Å². The maximum Gasteiger partial charge on any atom is 0.241 e. The Labute approximate surface area is 48.6 Å². The molecule has 0 atom stereocenters. The smallest absolute Gasteiger partial charge is 0.241 e. The van der Waals surface area contributed by atoms with Crippen LogP contribution in [-0.2, 0) is 7.05 Å². The molecule has 1 aromatic rings. The summed E-state index contributed by atoms with van der Waals surface area (Å²) in [6, 6.07) is 0. The topological polar surface area (TPSA) is 19.7 Å². The van der Waals surface area contributed by atoms with Gasteiger partial charge >= 0.3 is 0 Å². The second-order valence-electron chi connectivity index (χ2n) is 1.28. The molecule has 0 saturated carbocycles. The monoisotopic (exact) mass is 118 g/mol. The van der Waals surface area contributed by atoms with Gasteiger partial charge in [0.05, 0.1) is 7.05 Å². The predicted octanol–water partition coefficient (Wildman–Crippen LogP) is -3.16. The van der Waals surface area contributed by atoms with E-state index in [0.717, 1.165) is 0 Å². The molecular formula is C4H7ClN2. The summed E-state index contributed by atoms with van der Waals surface area (Å²) in [7, 11) is 1.97. The van der Waals surface area contributed by atoms with E-state index in [2.05, 4.69) is 4.98 Å². The Bertz CT molecular complexity index is 113. The number of rotatable bonds is 0. The SMILES string of the molecule is C[n+]1cc[nH]c1.[Cl-]. The molecule has 3 heteroatoms. The number of aryl methyl sites for hydroxylation is 1. The highest BCUT2D eigenvalue weighted by Crippen LogP contribution is 1.59. The summed E-state index contributed by atoms with van der Waals surface area (Å²) < 4.78 is 1.94. The number of H-pyrrole nitrogens is 1. The summed E-state index contributed by atoms with van der Waals surface area (Å²) >= 11 is 0. The van der Waals surface area contributed by atoms with E-state index in [-0.39, 0.29) is 12.4 Å². The largest absolute Gasteiger partial charge is 1.00 e. The molecule has 0 unspecified atom stereocenters. The number of hydrogen-bond donors (Lipinski definition) is 1. The molecule has 40 valence electrons. The molecule has 0 saturated heterocycles. The normalized spacial score (nSPS) is 7.57. The van der Waals surface area contributed by atoms with Crippen LogP contribution < -0.4 is 17.0 Å². The van der Waals surface area contributed by atoms with Crippen molar-refractivity contribution >= 4 is 0 Å². The van der Waals surface area contributed by atoms with Gasteiger partial charge in [-0.25, -0.2) is 4.57 Å². The van der Waals surface area contributed by atoms with Gasteiger partial charge in [-0.3, -0.25) is 4.98 Å². The molecule has 0 amide bonds. The van der Waals surface area contributed by atoms with Crippen LogP contribution in [0, 0.1) is 0 Å². The second kappa shape index (κ2) is 2.64. The zero-order valence-corrected chi connectivity index (χ0v) is 4.81. The van der Waals surface area contributed by atoms with Crippen LogP contribution in [0.4, 0.5) is 0 Å². The Hall–Kier alpha value is -0.500. The highest BCUT2D eigenvalue weighted by atomic mass is 35.5. The summed E-state index contributed by atoms with van der Waals surface area (Å²) in [5.74, 6) is 0.